The maximum atomic E-state index is 13.0. The molecule has 5 heteroatoms. The summed E-state index contributed by atoms with van der Waals surface area (Å²) < 4.78 is 2.42. The Balaban J connectivity index is 1.27. The predicted molar refractivity (Wildman–Crippen MR) is 182 cm³/mol. The van der Waals surface area contributed by atoms with Gasteiger partial charge >= 0.3 is 0 Å². The highest BCUT2D eigenvalue weighted by atomic mass is 32.2. The standard InChI is InChI=1S/C38H35NO2S2/c1-37(2,3)22-11-14-24(15-12-22)39-31-17-13-23(38(4,5)6)19-28(31)29-21-33(43-36(29)39)32-18-16-25(42-32)20-30-34(40)26-9-7-8-10-27(26)35(30)41/h7-17,19-21,32H,18H2,1-6H3. The molecule has 1 unspecified atom stereocenters. The molecule has 0 N–H and O–H groups in total. The van der Waals surface area contributed by atoms with Crippen molar-refractivity contribution in [2.45, 2.75) is 64.0 Å². The molecule has 0 amide bonds. The monoisotopic (exact) mass is 601 g/mol. The number of thiophene rings is 1. The fourth-order valence-corrected chi connectivity index (χ4v) is 8.68. The van der Waals surface area contributed by atoms with Crippen molar-refractivity contribution in [3.8, 4) is 5.69 Å². The number of nitrogens with zero attached hydrogens (tertiary/aromatic N) is 1. The number of carbonyl (C=O) groups is 2. The second-order valence-corrected chi connectivity index (χ2v) is 16.0. The van der Waals surface area contributed by atoms with Gasteiger partial charge in [0, 0.05) is 42.6 Å². The van der Waals surface area contributed by atoms with Crippen LogP contribution in [0.5, 0.6) is 0 Å². The van der Waals surface area contributed by atoms with Crippen LogP contribution < -0.4 is 0 Å². The molecular formula is C38H35NO2S2. The van der Waals surface area contributed by atoms with E-state index in [-0.39, 0.29) is 33.2 Å². The van der Waals surface area contributed by atoms with Crippen LogP contribution in [0.1, 0.15) is 89.9 Å². The van der Waals surface area contributed by atoms with E-state index in [9.17, 15) is 9.59 Å². The lowest BCUT2D eigenvalue weighted by Gasteiger charge is -2.20. The number of allylic oxidation sites excluding steroid dienone is 3. The molecule has 2 aliphatic rings. The minimum atomic E-state index is -0.167. The number of aromatic nitrogens is 1. The average Bonchev–Trinajstić information content (AvgIpc) is 3.72. The molecular weight excluding hydrogens is 567 g/mol. The van der Waals surface area contributed by atoms with Gasteiger partial charge in [0.25, 0.3) is 0 Å². The molecule has 1 aliphatic heterocycles. The summed E-state index contributed by atoms with van der Waals surface area (Å²) in [7, 11) is 0. The first-order valence-electron chi connectivity index (χ1n) is 14.9. The Morgan fingerprint density at radius 3 is 2.02 bits per heavy atom. The topological polar surface area (TPSA) is 39.1 Å². The third kappa shape index (κ3) is 4.74. The van der Waals surface area contributed by atoms with Crippen molar-refractivity contribution >= 4 is 55.8 Å². The van der Waals surface area contributed by atoms with E-state index in [1.54, 1.807) is 23.9 Å². The van der Waals surface area contributed by atoms with Gasteiger partial charge in [-0.25, -0.2) is 0 Å². The zero-order chi connectivity index (χ0) is 30.3. The van der Waals surface area contributed by atoms with E-state index >= 15 is 0 Å². The Labute approximate surface area is 261 Å². The first kappa shape index (κ1) is 28.1. The molecule has 5 aromatic rings. The first-order valence-corrected chi connectivity index (χ1v) is 16.6. The number of benzene rings is 3. The number of rotatable bonds is 3. The number of thioether (sulfide) groups is 1. The van der Waals surface area contributed by atoms with Crippen LogP contribution in [0.4, 0.5) is 0 Å². The van der Waals surface area contributed by atoms with E-state index in [1.165, 1.54) is 42.8 Å². The third-order valence-corrected chi connectivity index (χ3v) is 11.3. The van der Waals surface area contributed by atoms with Gasteiger partial charge in [0.1, 0.15) is 4.83 Å². The Bertz CT molecular complexity index is 1980. The van der Waals surface area contributed by atoms with Gasteiger partial charge in [-0.15, -0.1) is 23.1 Å². The number of fused-ring (bicyclic) bond motifs is 4. The summed E-state index contributed by atoms with van der Waals surface area (Å²) in [6, 6.07) is 25.4. The normalized spacial score (nSPS) is 17.3. The van der Waals surface area contributed by atoms with Crippen molar-refractivity contribution in [2.75, 3.05) is 0 Å². The molecule has 1 atom stereocenters. The Morgan fingerprint density at radius 2 is 1.40 bits per heavy atom. The van der Waals surface area contributed by atoms with E-state index in [0.29, 0.717) is 11.1 Å². The molecule has 0 spiro atoms. The van der Waals surface area contributed by atoms with Crippen LogP contribution in [0.3, 0.4) is 0 Å². The Hall–Kier alpha value is -3.67. The number of hydrogen-bond acceptors (Lipinski definition) is 4. The van der Waals surface area contributed by atoms with Gasteiger partial charge in [0.05, 0.1) is 11.1 Å². The molecule has 3 nitrogen and oxygen atoms in total. The molecule has 216 valence electrons. The minimum Gasteiger partial charge on any atom is -0.301 e. The van der Waals surface area contributed by atoms with Crippen LogP contribution in [0, 0.1) is 0 Å². The Kier molecular flexibility index (Phi) is 6.50. The molecule has 0 fully saturated rings. The highest BCUT2D eigenvalue weighted by molar-refractivity contribution is 8.03. The highest BCUT2D eigenvalue weighted by Gasteiger charge is 2.34. The fraction of sp³-hybridized carbons (Fsp3) is 0.263. The largest absolute Gasteiger partial charge is 0.301 e. The summed E-state index contributed by atoms with van der Waals surface area (Å²) >= 11 is 3.61. The number of Topliss-reactive ketones (excluding diaryl/α,β-unsaturated/α-hetero) is 2. The number of ketones is 2. The second-order valence-electron chi connectivity index (χ2n) is 13.7. The van der Waals surface area contributed by atoms with Crippen molar-refractivity contribution < 1.29 is 9.59 Å². The molecule has 0 saturated carbocycles. The van der Waals surface area contributed by atoms with Gasteiger partial charge < -0.3 is 4.57 Å². The molecule has 3 aromatic carbocycles. The molecule has 2 aromatic heterocycles. The maximum Gasteiger partial charge on any atom is 0.197 e. The third-order valence-electron chi connectivity index (χ3n) is 8.64. The van der Waals surface area contributed by atoms with E-state index in [0.717, 1.165) is 11.3 Å². The van der Waals surface area contributed by atoms with Crippen molar-refractivity contribution in [3.63, 3.8) is 0 Å². The van der Waals surface area contributed by atoms with E-state index in [4.69, 9.17) is 0 Å². The van der Waals surface area contributed by atoms with Crippen LogP contribution in [-0.2, 0) is 10.8 Å². The average molecular weight is 602 g/mol. The zero-order valence-corrected chi connectivity index (χ0v) is 27.1. The summed E-state index contributed by atoms with van der Waals surface area (Å²) in [5, 5.41) is 2.81. The molecule has 0 saturated heterocycles. The lowest BCUT2D eigenvalue weighted by Crippen LogP contribution is -2.11. The molecule has 3 heterocycles. The van der Waals surface area contributed by atoms with E-state index in [1.807, 2.05) is 29.5 Å². The summed E-state index contributed by atoms with van der Waals surface area (Å²) in [4.78, 5) is 29.5. The first-order chi connectivity index (χ1) is 20.4. The van der Waals surface area contributed by atoms with Gasteiger partial charge in [-0.05, 0) is 64.8 Å². The van der Waals surface area contributed by atoms with Crippen molar-refractivity contribution in [3.05, 3.63) is 123 Å². The summed E-state index contributed by atoms with van der Waals surface area (Å²) in [5.41, 5.74) is 6.50. The Morgan fingerprint density at radius 1 is 0.767 bits per heavy atom. The zero-order valence-electron chi connectivity index (χ0n) is 25.4. The van der Waals surface area contributed by atoms with Gasteiger partial charge in [-0.3, -0.25) is 9.59 Å². The van der Waals surface area contributed by atoms with Gasteiger partial charge in [0.15, 0.2) is 11.6 Å². The van der Waals surface area contributed by atoms with Gasteiger partial charge in [-0.2, -0.15) is 0 Å². The van der Waals surface area contributed by atoms with Crippen molar-refractivity contribution in [2.24, 2.45) is 0 Å². The van der Waals surface area contributed by atoms with E-state index < -0.39 is 0 Å². The lowest BCUT2D eigenvalue weighted by atomic mass is 9.86. The van der Waals surface area contributed by atoms with Crippen molar-refractivity contribution in [1.82, 2.24) is 4.57 Å². The van der Waals surface area contributed by atoms with Crippen LogP contribution in [0.25, 0.3) is 26.8 Å². The van der Waals surface area contributed by atoms with Crippen LogP contribution in [0.2, 0.25) is 0 Å². The maximum absolute atomic E-state index is 13.0. The molecule has 0 bridgehead atoms. The summed E-state index contributed by atoms with van der Waals surface area (Å²) in [6.45, 7) is 13.5. The van der Waals surface area contributed by atoms with Gasteiger partial charge in [0.2, 0.25) is 0 Å². The molecule has 43 heavy (non-hydrogen) atoms. The lowest BCUT2D eigenvalue weighted by molar-refractivity contribution is 0.0988. The molecule has 0 radical (unpaired) electrons. The fourth-order valence-electron chi connectivity index (χ4n) is 6.10. The number of carbonyl (C=O) groups excluding carboxylic acids is 2. The molecule has 7 rings (SSSR count). The van der Waals surface area contributed by atoms with Crippen LogP contribution in [0.15, 0.2) is 95.4 Å². The van der Waals surface area contributed by atoms with Crippen molar-refractivity contribution in [1.29, 1.82) is 0 Å². The molecule has 1 aliphatic carbocycles. The van der Waals surface area contributed by atoms with E-state index in [2.05, 4.69) is 101 Å². The SMILES string of the molecule is CC(C)(C)c1ccc(-n2c3ccc(C(C)(C)C)cc3c3cc(C4CC=C(C=C5C(=O)c6ccccc6C5=O)S4)sc32)cc1. The van der Waals surface area contributed by atoms with Crippen LogP contribution >= 0.6 is 23.1 Å². The summed E-state index contributed by atoms with van der Waals surface area (Å²) in [6.07, 6.45) is 4.85. The smallest absolute Gasteiger partial charge is 0.197 e. The highest BCUT2D eigenvalue weighted by Crippen LogP contribution is 2.50. The second kappa shape index (κ2) is 9.93. The van der Waals surface area contributed by atoms with Gasteiger partial charge in [-0.1, -0.05) is 90.1 Å². The number of hydrogen-bond donors (Lipinski definition) is 0. The minimum absolute atomic E-state index is 0.0538. The van der Waals surface area contributed by atoms with Crippen LogP contribution in [-0.4, -0.2) is 16.1 Å². The predicted octanol–water partition coefficient (Wildman–Crippen LogP) is 10.5. The quantitative estimate of drug-likeness (QED) is 0.153. The summed E-state index contributed by atoms with van der Waals surface area (Å²) in [5.74, 6) is -0.333.